The van der Waals surface area contributed by atoms with E-state index in [-0.39, 0.29) is 11.5 Å². The first-order chi connectivity index (χ1) is 12.0. The zero-order valence-corrected chi connectivity index (χ0v) is 14.5. The molecule has 4 heteroatoms. The Hall–Kier alpha value is -1.86. The molecule has 5 saturated carbocycles. The van der Waals surface area contributed by atoms with Gasteiger partial charge in [0.1, 0.15) is 5.84 Å². The fourth-order valence-corrected chi connectivity index (χ4v) is 6.42. The van der Waals surface area contributed by atoms with Crippen molar-refractivity contribution >= 4 is 5.84 Å². The first kappa shape index (κ1) is 15.4. The summed E-state index contributed by atoms with van der Waals surface area (Å²) in [6, 6.07) is 10.4. The Balaban J connectivity index is 1.45. The van der Waals surface area contributed by atoms with Crippen molar-refractivity contribution in [2.24, 2.45) is 17.8 Å². The van der Waals surface area contributed by atoms with E-state index < -0.39 is 5.60 Å². The van der Waals surface area contributed by atoms with Crippen molar-refractivity contribution in [1.29, 1.82) is 10.7 Å². The average Bonchev–Trinajstić information content (AvgIpc) is 3.39. The number of hydrogen-bond donors (Lipinski definition) is 2. The molecule has 25 heavy (non-hydrogen) atoms. The quantitative estimate of drug-likeness (QED) is 0.385. The van der Waals surface area contributed by atoms with E-state index in [2.05, 4.69) is 18.3 Å². The van der Waals surface area contributed by atoms with Crippen LogP contribution < -0.4 is 0 Å². The summed E-state index contributed by atoms with van der Waals surface area (Å²) in [5.74, 6) is 1.84. The topological polar surface area (TPSA) is 71.1 Å². The van der Waals surface area contributed by atoms with Gasteiger partial charge in [-0.05, 0) is 68.3 Å². The molecule has 4 nitrogen and oxygen atoms in total. The van der Waals surface area contributed by atoms with Gasteiger partial charge in [0.2, 0.25) is 0 Å². The van der Waals surface area contributed by atoms with E-state index in [9.17, 15) is 10.4 Å². The van der Waals surface area contributed by atoms with Gasteiger partial charge in [0, 0.05) is 0 Å². The van der Waals surface area contributed by atoms with Crippen molar-refractivity contribution in [3.63, 3.8) is 0 Å². The minimum atomic E-state index is -0.493. The zero-order chi connectivity index (χ0) is 17.2. The molecule has 5 aliphatic rings. The Morgan fingerprint density at radius 2 is 1.76 bits per heavy atom. The van der Waals surface area contributed by atoms with Crippen LogP contribution in [-0.2, 0) is 5.41 Å². The fourth-order valence-electron chi connectivity index (χ4n) is 6.42. The summed E-state index contributed by atoms with van der Waals surface area (Å²) < 4.78 is 0. The molecule has 0 amide bonds. The lowest BCUT2D eigenvalue weighted by Gasteiger charge is -2.59. The van der Waals surface area contributed by atoms with E-state index in [1.54, 1.807) is 4.90 Å². The maximum absolute atomic E-state index is 10.8. The van der Waals surface area contributed by atoms with Crippen molar-refractivity contribution in [3.8, 4) is 6.19 Å². The number of hydrogen-bond acceptors (Lipinski definition) is 3. The summed E-state index contributed by atoms with van der Waals surface area (Å²) in [6.45, 7) is 0. The van der Waals surface area contributed by atoms with Gasteiger partial charge in [0.05, 0.1) is 17.1 Å². The van der Waals surface area contributed by atoms with Gasteiger partial charge in [-0.1, -0.05) is 30.3 Å². The number of nitrogens with zero attached hydrogens (tertiary/aromatic N) is 2. The van der Waals surface area contributed by atoms with Crippen LogP contribution in [0.5, 0.6) is 0 Å². The largest absolute Gasteiger partial charge is 0.390 e. The summed E-state index contributed by atoms with van der Waals surface area (Å²) >= 11 is 0. The van der Waals surface area contributed by atoms with E-state index in [4.69, 9.17) is 5.41 Å². The van der Waals surface area contributed by atoms with Crippen molar-refractivity contribution in [3.05, 3.63) is 35.9 Å². The molecule has 0 spiro atoms. The van der Waals surface area contributed by atoms with Gasteiger partial charge in [-0.2, -0.15) is 5.26 Å². The molecule has 0 heterocycles. The van der Waals surface area contributed by atoms with Crippen molar-refractivity contribution in [2.75, 3.05) is 0 Å². The van der Waals surface area contributed by atoms with Crippen LogP contribution in [0.4, 0.5) is 0 Å². The highest BCUT2D eigenvalue weighted by Gasteiger charge is 2.59. The fraction of sp³-hybridized carbons (Fsp3) is 0.619. The Morgan fingerprint density at radius 1 is 1.12 bits per heavy atom. The van der Waals surface area contributed by atoms with E-state index >= 15 is 0 Å². The summed E-state index contributed by atoms with van der Waals surface area (Å²) in [4.78, 5) is 1.75. The summed E-state index contributed by atoms with van der Waals surface area (Å²) in [5, 5.41) is 29.7. The van der Waals surface area contributed by atoms with Gasteiger partial charge < -0.3 is 5.11 Å². The Bertz CT molecular complexity index is 732. The maximum atomic E-state index is 10.8. The number of benzene rings is 1. The molecule has 2 unspecified atom stereocenters. The third-order valence-corrected chi connectivity index (χ3v) is 7.37. The lowest BCUT2D eigenvalue weighted by Crippen LogP contribution is -2.62. The molecular formula is C21H25N3O. The van der Waals surface area contributed by atoms with Gasteiger partial charge >= 0.3 is 0 Å². The molecule has 2 atom stereocenters. The number of nitriles is 1. The molecule has 0 saturated heterocycles. The minimum absolute atomic E-state index is 0.121. The highest BCUT2D eigenvalue weighted by atomic mass is 16.3. The normalized spacial score (nSPS) is 39.7. The van der Waals surface area contributed by atoms with Crippen LogP contribution in [0.2, 0.25) is 0 Å². The molecule has 0 radical (unpaired) electrons. The Morgan fingerprint density at radius 3 is 2.28 bits per heavy atom. The second kappa shape index (κ2) is 5.08. The molecule has 5 aliphatic carbocycles. The number of nitrogens with one attached hydrogen (secondary N) is 1. The number of amidine groups is 1. The van der Waals surface area contributed by atoms with Crippen LogP contribution in [-0.4, -0.2) is 27.5 Å². The molecule has 0 aliphatic heterocycles. The summed E-state index contributed by atoms with van der Waals surface area (Å²) in [6.07, 6.45) is 9.12. The molecule has 4 bridgehead atoms. The predicted octanol–water partition coefficient (Wildman–Crippen LogP) is 3.42. The van der Waals surface area contributed by atoms with Crippen LogP contribution in [0, 0.1) is 34.6 Å². The molecule has 1 aromatic carbocycles. The zero-order valence-electron chi connectivity index (χ0n) is 14.5. The monoisotopic (exact) mass is 335 g/mol. The van der Waals surface area contributed by atoms with Gasteiger partial charge in [-0.25, -0.2) is 0 Å². The van der Waals surface area contributed by atoms with E-state index in [0.717, 1.165) is 44.9 Å². The second-order valence-corrected chi connectivity index (χ2v) is 8.95. The minimum Gasteiger partial charge on any atom is -0.390 e. The Labute approximate surface area is 149 Å². The van der Waals surface area contributed by atoms with Gasteiger partial charge in [0.25, 0.3) is 0 Å². The maximum Gasteiger partial charge on any atom is 0.185 e. The van der Waals surface area contributed by atoms with Crippen LogP contribution in [0.15, 0.2) is 30.3 Å². The van der Waals surface area contributed by atoms with Crippen LogP contribution in [0.1, 0.15) is 50.5 Å². The van der Waals surface area contributed by atoms with Crippen LogP contribution >= 0.6 is 0 Å². The van der Waals surface area contributed by atoms with Crippen molar-refractivity contribution < 1.29 is 5.11 Å². The van der Waals surface area contributed by atoms with Crippen molar-refractivity contribution in [2.45, 2.75) is 62.0 Å². The highest BCUT2D eigenvalue weighted by molar-refractivity contribution is 5.94. The van der Waals surface area contributed by atoms with E-state index in [0.29, 0.717) is 23.6 Å². The average molecular weight is 335 g/mol. The number of rotatable bonds is 3. The molecule has 5 fully saturated rings. The SMILES string of the molecule is N#CN(C(=N)C1(c2ccccc2)CC1)C1C2CC3CC1CC(O)(C3)C2. The predicted molar refractivity (Wildman–Crippen MR) is 94.8 cm³/mol. The Kier molecular flexibility index (Phi) is 3.13. The third kappa shape index (κ3) is 2.18. The molecule has 6 rings (SSSR count). The van der Waals surface area contributed by atoms with Crippen LogP contribution in [0.3, 0.4) is 0 Å². The molecule has 2 N–H and O–H groups in total. The standard InChI is InChI=1S/C21H25N3O/c22-13-24(19(23)21(6-7-21)17-4-2-1-3-5-17)18-15-8-14-9-16(18)12-20(25,10-14)11-15/h1-5,14-16,18,23,25H,6-12H2. The van der Waals surface area contributed by atoms with Gasteiger partial charge in [-0.15, -0.1) is 0 Å². The first-order valence-corrected chi connectivity index (χ1v) is 9.61. The molecular weight excluding hydrogens is 310 g/mol. The van der Waals surface area contributed by atoms with Crippen molar-refractivity contribution in [1.82, 2.24) is 4.90 Å². The highest BCUT2D eigenvalue weighted by Crippen LogP contribution is 2.58. The molecule has 130 valence electrons. The van der Waals surface area contributed by atoms with Crippen LogP contribution in [0.25, 0.3) is 0 Å². The lowest BCUT2D eigenvalue weighted by molar-refractivity contribution is -0.147. The smallest absolute Gasteiger partial charge is 0.185 e. The first-order valence-electron chi connectivity index (χ1n) is 9.61. The molecule has 0 aromatic heterocycles. The third-order valence-electron chi connectivity index (χ3n) is 7.37. The number of aliphatic hydroxyl groups is 1. The van der Waals surface area contributed by atoms with E-state index in [1.807, 2.05) is 18.2 Å². The lowest BCUT2D eigenvalue weighted by atomic mass is 9.52. The van der Waals surface area contributed by atoms with E-state index in [1.165, 1.54) is 5.56 Å². The second-order valence-electron chi connectivity index (χ2n) is 8.95. The summed E-state index contributed by atoms with van der Waals surface area (Å²) in [7, 11) is 0. The van der Waals surface area contributed by atoms with Gasteiger partial charge in [-0.3, -0.25) is 10.3 Å². The summed E-state index contributed by atoms with van der Waals surface area (Å²) in [5.41, 5.74) is 0.415. The molecule has 1 aromatic rings. The van der Waals surface area contributed by atoms with Gasteiger partial charge in [0.15, 0.2) is 6.19 Å².